The number of nitrogens with one attached hydrogen (secondary N) is 2. The molecule has 7 nitrogen and oxygen atoms in total. The van der Waals surface area contributed by atoms with Crippen LogP contribution in [0.3, 0.4) is 0 Å². The molecule has 0 saturated carbocycles. The van der Waals surface area contributed by atoms with Crippen LogP contribution in [0.4, 0.5) is 10.5 Å². The van der Waals surface area contributed by atoms with Gasteiger partial charge in [0.25, 0.3) is 5.91 Å². The SMILES string of the molecule is C[C@H]1Cc2cc(CNC(=O)c3ccc(N4CC(=O)NC4=O)cc3)ccc2O1. The molecule has 4 rings (SSSR count). The average molecular weight is 365 g/mol. The zero-order chi connectivity index (χ0) is 19.0. The summed E-state index contributed by atoms with van der Waals surface area (Å²) in [6.45, 7) is 2.45. The fourth-order valence-corrected chi connectivity index (χ4v) is 3.31. The summed E-state index contributed by atoms with van der Waals surface area (Å²) in [5.74, 6) is 0.377. The lowest BCUT2D eigenvalue weighted by Gasteiger charge is -2.13. The van der Waals surface area contributed by atoms with Gasteiger partial charge in [-0.2, -0.15) is 0 Å². The Morgan fingerprint density at radius 2 is 2.00 bits per heavy atom. The number of nitrogens with zero attached hydrogens (tertiary/aromatic N) is 1. The van der Waals surface area contributed by atoms with Gasteiger partial charge in [-0.3, -0.25) is 19.8 Å². The molecular formula is C20H19N3O4. The molecule has 7 heteroatoms. The molecule has 0 bridgehead atoms. The third-order valence-corrected chi connectivity index (χ3v) is 4.65. The van der Waals surface area contributed by atoms with Crippen LogP contribution in [0.15, 0.2) is 42.5 Å². The molecule has 2 N–H and O–H groups in total. The molecule has 0 radical (unpaired) electrons. The van der Waals surface area contributed by atoms with Crippen molar-refractivity contribution in [3.63, 3.8) is 0 Å². The molecule has 2 aliphatic rings. The molecular weight excluding hydrogens is 346 g/mol. The minimum absolute atomic E-state index is 0.00889. The van der Waals surface area contributed by atoms with E-state index in [1.54, 1.807) is 24.3 Å². The molecule has 138 valence electrons. The van der Waals surface area contributed by atoms with Crippen molar-refractivity contribution in [3.8, 4) is 5.75 Å². The first-order valence-corrected chi connectivity index (χ1v) is 8.77. The lowest BCUT2D eigenvalue weighted by atomic mass is 10.1. The van der Waals surface area contributed by atoms with E-state index < -0.39 is 6.03 Å². The Morgan fingerprint density at radius 1 is 1.22 bits per heavy atom. The summed E-state index contributed by atoms with van der Waals surface area (Å²) in [6.07, 6.45) is 1.07. The first kappa shape index (κ1) is 17.1. The van der Waals surface area contributed by atoms with Crippen molar-refractivity contribution >= 4 is 23.5 Å². The molecule has 1 atom stereocenters. The van der Waals surface area contributed by atoms with Gasteiger partial charge >= 0.3 is 6.03 Å². The van der Waals surface area contributed by atoms with Crippen LogP contribution in [0.25, 0.3) is 0 Å². The number of urea groups is 1. The Bertz CT molecular complexity index is 923. The maximum absolute atomic E-state index is 12.4. The number of hydrogen-bond donors (Lipinski definition) is 2. The van der Waals surface area contributed by atoms with Crippen molar-refractivity contribution in [2.45, 2.75) is 26.0 Å². The van der Waals surface area contributed by atoms with Crippen LogP contribution < -0.4 is 20.3 Å². The Labute approximate surface area is 156 Å². The fraction of sp³-hybridized carbons (Fsp3) is 0.250. The van der Waals surface area contributed by atoms with Gasteiger partial charge in [-0.25, -0.2) is 4.79 Å². The number of carbonyl (C=O) groups excluding carboxylic acids is 3. The third kappa shape index (κ3) is 3.48. The highest BCUT2D eigenvalue weighted by molar-refractivity contribution is 6.12. The van der Waals surface area contributed by atoms with E-state index in [9.17, 15) is 14.4 Å². The van der Waals surface area contributed by atoms with Crippen molar-refractivity contribution in [2.24, 2.45) is 0 Å². The number of imide groups is 1. The molecule has 0 aliphatic carbocycles. The van der Waals surface area contributed by atoms with E-state index in [0.29, 0.717) is 17.8 Å². The summed E-state index contributed by atoms with van der Waals surface area (Å²) < 4.78 is 5.68. The van der Waals surface area contributed by atoms with Crippen LogP contribution in [0, 0.1) is 0 Å². The number of hydrogen-bond acceptors (Lipinski definition) is 4. The predicted molar refractivity (Wildman–Crippen MR) is 98.7 cm³/mol. The monoisotopic (exact) mass is 365 g/mol. The first-order chi connectivity index (χ1) is 13.0. The van der Waals surface area contributed by atoms with Crippen molar-refractivity contribution in [3.05, 3.63) is 59.2 Å². The minimum Gasteiger partial charge on any atom is -0.490 e. The van der Waals surface area contributed by atoms with Gasteiger partial charge < -0.3 is 10.1 Å². The summed E-state index contributed by atoms with van der Waals surface area (Å²) in [5.41, 5.74) is 3.24. The first-order valence-electron chi connectivity index (χ1n) is 8.77. The number of fused-ring (bicyclic) bond motifs is 1. The van der Waals surface area contributed by atoms with Gasteiger partial charge in [0.05, 0.1) is 0 Å². The number of ether oxygens (including phenoxy) is 1. The van der Waals surface area contributed by atoms with Gasteiger partial charge in [0.2, 0.25) is 5.91 Å². The van der Waals surface area contributed by atoms with E-state index >= 15 is 0 Å². The second-order valence-electron chi connectivity index (χ2n) is 6.74. The van der Waals surface area contributed by atoms with Gasteiger partial charge in [-0.1, -0.05) is 12.1 Å². The topological polar surface area (TPSA) is 87.7 Å². The smallest absolute Gasteiger partial charge is 0.329 e. The Kier molecular flexibility index (Phi) is 4.27. The molecule has 2 heterocycles. The van der Waals surface area contributed by atoms with Crippen LogP contribution >= 0.6 is 0 Å². The van der Waals surface area contributed by atoms with E-state index in [1.165, 1.54) is 4.90 Å². The summed E-state index contributed by atoms with van der Waals surface area (Å²) in [4.78, 5) is 36.6. The van der Waals surface area contributed by atoms with E-state index in [4.69, 9.17) is 4.74 Å². The molecule has 2 aromatic rings. The third-order valence-electron chi connectivity index (χ3n) is 4.65. The van der Waals surface area contributed by atoms with E-state index in [2.05, 4.69) is 16.7 Å². The second-order valence-corrected chi connectivity index (χ2v) is 6.74. The lowest BCUT2D eigenvalue weighted by Crippen LogP contribution is -2.28. The summed E-state index contributed by atoms with van der Waals surface area (Å²) >= 11 is 0. The molecule has 2 aromatic carbocycles. The van der Waals surface area contributed by atoms with Gasteiger partial charge in [0.15, 0.2) is 0 Å². The Morgan fingerprint density at radius 3 is 2.70 bits per heavy atom. The number of anilines is 1. The fourth-order valence-electron chi connectivity index (χ4n) is 3.31. The van der Waals surface area contributed by atoms with Crippen molar-refractivity contribution in [1.29, 1.82) is 0 Å². The minimum atomic E-state index is -0.452. The predicted octanol–water partition coefficient (Wildman–Crippen LogP) is 2.00. The highest BCUT2D eigenvalue weighted by atomic mass is 16.5. The molecule has 2 aliphatic heterocycles. The number of amides is 4. The number of rotatable bonds is 4. The molecule has 27 heavy (non-hydrogen) atoms. The molecule has 0 spiro atoms. The Balaban J connectivity index is 1.38. The highest BCUT2D eigenvalue weighted by Crippen LogP contribution is 2.29. The normalized spacial score (nSPS) is 18.1. The van der Waals surface area contributed by atoms with Crippen molar-refractivity contribution < 1.29 is 19.1 Å². The van der Waals surface area contributed by atoms with E-state index in [1.807, 2.05) is 19.1 Å². The van der Waals surface area contributed by atoms with Crippen LogP contribution in [-0.2, 0) is 17.8 Å². The second kappa shape index (κ2) is 6.75. The van der Waals surface area contributed by atoms with E-state index in [0.717, 1.165) is 23.3 Å². The standard InChI is InChI=1S/C20H19N3O4/c1-12-8-15-9-13(2-7-17(15)27-12)10-21-19(25)14-3-5-16(6-4-14)23-11-18(24)22-20(23)26/h2-7,9,12H,8,10-11H2,1H3,(H,21,25)(H,22,24,26)/t12-/m0/s1. The zero-order valence-electron chi connectivity index (χ0n) is 14.8. The van der Waals surface area contributed by atoms with Crippen molar-refractivity contribution in [1.82, 2.24) is 10.6 Å². The number of carbonyl (C=O) groups is 3. The molecule has 1 fully saturated rings. The van der Waals surface area contributed by atoms with Crippen LogP contribution in [0.2, 0.25) is 0 Å². The van der Waals surface area contributed by atoms with Crippen LogP contribution in [-0.4, -0.2) is 30.5 Å². The number of benzene rings is 2. The zero-order valence-corrected chi connectivity index (χ0v) is 14.8. The molecule has 4 amide bonds. The van der Waals surface area contributed by atoms with E-state index in [-0.39, 0.29) is 24.5 Å². The molecule has 1 saturated heterocycles. The van der Waals surface area contributed by atoms with Gasteiger partial charge in [-0.05, 0) is 48.4 Å². The van der Waals surface area contributed by atoms with Crippen LogP contribution in [0.5, 0.6) is 5.75 Å². The van der Waals surface area contributed by atoms with Gasteiger partial charge in [0.1, 0.15) is 18.4 Å². The summed E-state index contributed by atoms with van der Waals surface area (Å²) in [5, 5.41) is 5.12. The quantitative estimate of drug-likeness (QED) is 0.811. The van der Waals surface area contributed by atoms with Gasteiger partial charge in [0, 0.05) is 24.2 Å². The lowest BCUT2D eigenvalue weighted by molar-refractivity contribution is -0.117. The average Bonchev–Trinajstić information content (AvgIpc) is 3.19. The summed E-state index contributed by atoms with van der Waals surface area (Å²) in [6, 6.07) is 12.1. The van der Waals surface area contributed by atoms with Gasteiger partial charge in [-0.15, -0.1) is 0 Å². The highest BCUT2D eigenvalue weighted by Gasteiger charge is 2.27. The molecule has 0 aromatic heterocycles. The Hall–Kier alpha value is -3.35. The van der Waals surface area contributed by atoms with Crippen molar-refractivity contribution in [2.75, 3.05) is 11.4 Å². The largest absolute Gasteiger partial charge is 0.490 e. The maximum Gasteiger partial charge on any atom is 0.329 e. The maximum atomic E-state index is 12.4. The van der Waals surface area contributed by atoms with Crippen LogP contribution in [0.1, 0.15) is 28.4 Å². The summed E-state index contributed by atoms with van der Waals surface area (Å²) in [7, 11) is 0. The molecule has 0 unspecified atom stereocenters.